The molecular formula is C18H32N4OS. The third-order valence-electron chi connectivity index (χ3n) is 4.44. The summed E-state index contributed by atoms with van der Waals surface area (Å²) in [5, 5.41) is 7.98. The number of nitrogens with one attached hydrogen (secondary N) is 2. The first kappa shape index (κ1) is 19.2. The molecule has 136 valence electrons. The van der Waals surface area contributed by atoms with Crippen LogP contribution >= 0.6 is 11.3 Å². The number of aromatic nitrogens is 1. The molecular weight excluding hydrogens is 320 g/mol. The summed E-state index contributed by atoms with van der Waals surface area (Å²) >= 11 is 1.81. The minimum atomic E-state index is 0.392. The number of nitrogens with zero attached hydrogens (tertiary/aromatic N) is 2. The fraction of sp³-hybridized carbons (Fsp3) is 0.778. The van der Waals surface area contributed by atoms with Gasteiger partial charge in [-0.05, 0) is 44.9 Å². The fourth-order valence-corrected chi connectivity index (χ4v) is 3.46. The molecule has 0 bridgehead atoms. The Morgan fingerprint density at radius 1 is 1.33 bits per heavy atom. The van der Waals surface area contributed by atoms with Crippen LogP contribution < -0.4 is 10.6 Å². The van der Waals surface area contributed by atoms with E-state index in [1.54, 1.807) is 0 Å². The van der Waals surface area contributed by atoms with E-state index in [2.05, 4.69) is 36.4 Å². The molecule has 1 aliphatic carbocycles. The zero-order valence-corrected chi connectivity index (χ0v) is 16.2. The summed E-state index contributed by atoms with van der Waals surface area (Å²) in [6.45, 7) is 10.6. The molecule has 2 N–H and O–H groups in total. The van der Waals surface area contributed by atoms with E-state index in [0.717, 1.165) is 58.1 Å². The molecule has 0 saturated heterocycles. The van der Waals surface area contributed by atoms with Crippen LogP contribution in [0.25, 0.3) is 0 Å². The first-order valence-corrected chi connectivity index (χ1v) is 10.1. The highest BCUT2D eigenvalue weighted by molar-refractivity contribution is 7.11. The molecule has 0 amide bonds. The van der Waals surface area contributed by atoms with Crippen LogP contribution in [0.15, 0.2) is 11.2 Å². The van der Waals surface area contributed by atoms with Crippen LogP contribution in [0.1, 0.15) is 49.9 Å². The van der Waals surface area contributed by atoms with E-state index in [9.17, 15) is 0 Å². The molecule has 1 fully saturated rings. The van der Waals surface area contributed by atoms with E-state index in [4.69, 9.17) is 9.73 Å². The SMILES string of the molecule is CCNC(=NCC1(CCOCC)CC1)NCCc1ncc(CC)s1. The molecule has 2 rings (SSSR count). The van der Waals surface area contributed by atoms with Crippen LogP contribution in [0, 0.1) is 5.41 Å². The lowest BCUT2D eigenvalue weighted by Crippen LogP contribution is -2.38. The molecule has 5 nitrogen and oxygen atoms in total. The lowest BCUT2D eigenvalue weighted by Gasteiger charge is -2.15. The van der Waals surface area contributed by atoms with Crippen LogP contribution in [0.2, 0.25) is 0 Å². The first-order valence-electron chi connectivity index (χ1n) is 9.25. The summed E-state index contributed by atoms with van der Waals surface area (Å²) in [5.41, 5.74) is 0.392. The quantitative estimate of drug-likeness (QED) is 0.365. The molecule has 0 atom stereocenters. The van der Waals surface area contributed by atoms with Crippen LogP contribution in [-0.2, 0) is 17.6 Å². The molecule has 0 spiro atoms. The van der Waals surface area contributed by atoms with Gasteiger partial charge in [-0.25, -0.2) is 4.98 Å². The van der Waals surface area contributed by atoms with Crippen molar-refractivity contribution in [3.8, 4) is 0 Å². The van der Waals surface area contributed by atoms with E-state index < -0.39 is 0 Å². The molecule has 1 aromatic rings. The highest BCUT2D eigenvalue weighted by Gasteiger charge is 2.41. The Kier molecular flexibility index (Phi) is 7.99. The maximum absolute atomic E-state index is 5.50. The Balaban J connectivity index is 1.76. The number of aryl methyl sites for hydroxylation is 1. The van der Waals surface area contributed by atoms with Crippen molar-refractivity contribution >= 4 is 17.3 Å². The topological polar surface area (TPSA) is 58.5 Å². The van der Waals surface area contributed by atoms with Gasteiger partial charge in [0.15, 0.2) is 5.96 Å². The van der Waals surface area contributed by atoms with Gasteiger partial charge in [0.05, 0.1) is 5.01 Å². The number of guanidine groups is 1. The third-order valence-corrected chi connectivity index (χ3v) is 5.64. The summed E-state index contributed by atoms with van der Waals surface area (Å²) in [6.07, 6.45) is 7.70. The normalized spacial score (nSPS) is 16.2. The Labute approximate surface area is 150 Å². The summed E-state index contributed by atoms with van der Waals surface area (Å²) in [4.78, 5) is 10.6. The van der Waals surface area contributed by atoms with Gasteiger partial charge in [0.1, 0.15) is 0 Å². The second-order valence-corrected chi connectivity index (χ2v) is 7.59. The Hall–Kier alpha value is -1.14. The number of rotatable bonds is 11. The van der Waals surface area contributed by atoms with E-state index in [1.165, 1.54) is 22.7 Å². The van der Waals surface area contributed by atoms with Gasteiger partial charge in [0.2, 0.25) is 0 Å². The minimum absolute atomic E-state index is 0.392. The molecule has 0 aromatic carbocycles. The van der Waals surface area contributed by atoms with Gasteiger partial charge in [-0.1, -0.05) is 6.92 Å². The van der Waals surface area contributed by atoms with Crippen LogP contribution in [0.3, 0.4) is 0 Å². The molecule has 24 heavy (non-hydrogen) atoms. The first-order chi connectivity index (χ1) is 11.7. The number of hydrogen-bond donors (Lipinski definition) is 2. The average molecular weight is 353 g/mol. The minimum Gasteiger partial charge on any atom is -0.382 e. The average Bonchev–Trinajstić information content (AvgIpc) is 3.21. The molecule has 1 aliphatic rings. The smallest absolute Gasteiger partial charge is 0.191 e. The predicted molar refractivity (Wildman–Crippen MR) is 102 cm³/mol. The van der Waals surface area contributed by atoms with Crippen molar-refractivity contribution < 1.29 is 4.74 Å². The van der Waals surface area contributed by atoms with Crippen molar-refractivity contribution in [2.24, 2.45) is 10.4 Å². The van der Waals surface area contributed by atoms with Gasteiger partial charge in [0, 0.05) is 50.3 Å². The summed E-state index contributed by atoms with van der Waals surface area (Å²) in [5.74, 6) is 0.924. The molecule has 0 radical (unpaired) electrons. The summed E-state index contributed by atoms with van der Waals surface area (Å²) < 4.78 is 5.50. The summed E-state index contributed by atoms with van der Waals surface area (Å²) in [7, 11) is 0. The number of hydrogen-bond acceptors (Lipinski definition) is 4. The van der Waals surface area contributed by atoms with Crippen molar-refractivity contribution in [2.75, 3.05) is 32.8 Å². The number of thiazole rings is 1. The maximum atomic E-state index is 5.50. The monoisotopic (exact) mass is 352 g/mol. The highest BCUT2D eigenvalue weighted by atomic mass is 32.1. The van der Waals surface area contributed by atoms with E-state index in [1.807, 2.05) is 17.5 Å². The van der Waals surface area contributed by atoms with Gasteiger partial charge in [-0.3, -0.25) is 4.99 Å². The van der Waals surface area contributed by atoms with E-state index in [0.29, 0.717) is 5.41 Å². The Morgan fingerprint density at radius 3 is 2.79 bits per heavy atom. The van der Waals surface area contributed by atoms with Gasteiger partial charge < -0.3 is 15.4 Å². The van der Waals surface area contributed by atoms with Crippen molar-refractivity contribution in [1.82, 2.24) is 15.6 Å². The van der Waals surface area contributed by atoms with E-state index in [-0.39, 0.29) is 0 Å². The second-order valence-electron chi connectivity index (χ2n) is 6.39. The van der Waals surface area contributed by atoms with Crippen molar-refractivity contribution in [2.45, 2.75) is 52.9 Å². The van der Waals surface area contributed by atoms with Crippen molar-refractivity contribution in [1.29, 1.82) is 0 Å². The van der Waals surface area contributed by atoms with Crippen LogP contribution in [-0.4, -0.2) is 43.8 Å². The standard InChI is InChI=1S/C18H32N4OS/c1-4-15-13-21-16(24-15)7-11-20-17(19-5-2)22-14-18(8-9-18)10-12-23-6-3/h13H,4-12,14H2,1-3H3,(H2,19,20,22). The van der Waals surface area contributed by atoms with Gasteiger partial charge in [-0.2, -0.15) is 0 Å². The van der Waals surface area contributed by atoms with Crippen LogP contribution in [0.4, 0.5) is 0 Å². The zero-order chi connectivity index (χ0) is 17.3. The van der Waals surface area contributed by atoms with Gasteiger partial charge in [0.25, 0.3) is 0 Å². The zero-order valence-electron chi connectivity index (χ0n) is 15.4. The van der Waals surface area contributed by atoms with E-state index >= 15 is 0 Å². The van der Waals surface area contributed by atoms with Gasteiger partial charge >= 0.3 is 0 Å². The molecule has 6 heteroatoms. The Morgan fingerprint density at radius 2 is 2.17 bits per heavy atom. The lowest BCUT2D eigenvalue weighted by molar-refractivity contribution is 0.129. The maximum Gasteiger partial charge on any atom is 0.191 e. The number of ether oxygens (including phenoxy) is 1. The second kappa shape index (κ2) is 9.99. The van der Waals surface area contributed by atoms with Crippen LogP contribution in [0.5, 0.6) is 0 Å². The molecule has 1 saturated carbocycles. The fourth-order valence-electron chi connectivity index (χ4n) is 2.60. The van der Waals surface area contributed by atoms with Crippen molar-refractivity contribution in [3.05, 3.63) is 16.1 Å². The molecule has 0 aliphatic heterocycles. The van der Waals surface area contributed by atoms with Crippen molar-refractivity contribution in [3.63, 3.8) is 0 Å². The lowest BCUT2D eigenvalue weighted by atomic mass is 10.0. The highest BCUT2D eigenvalue weighted by Crippen LogP contribution is 2.48. The summed E-state index contributed by atoms with van der Waals surface area (Å²) in [6, 6.07) is 0. The molecule has 0 unspecified atom stereocenters. The largest absolute Gasteiger partial charge is 0.382 e. The number of aliphatic imine (C=N–C) groups is 1. The molecule has 1 aromatic heterocycles. The Bertz CT molecular complexity index is 511. The molecule has 1 heterocycles. The predicted octanol–water partition coefficient (Wildman–Crippen LogP) is 3.01. The van der Waals surface area contributed by atoms with Gasteiger partial charge in [-0.15, -0.1) is 11.3 Å². The third kappa shape index (κ3) is 6.40.